The second kappa shape index (κ2) is 69.8. The second-order valence-electron chi connectivity index (χ2n) is 23.4. The fraction of sp³-hybridized carbons (Fsp3) is 0.750. The average molecular weight is 1140 g/mol. The van der Waals surface area contributed by atoms with Gasteiger partial charge in [-0.3, -0.25) is 14.4 Å². The lowest BCUT2D eigenvalue weighted by Crippen LogP contribution is -2.30. The topological polar surface area (TPSA) is 78.9 Å². The van der Waals surface area contributed by atoms with Crippen LogP contribution in [0.3, 0.4) is 0 Å². The molecule has 1 atom stereocenters. The van der Waals surface area contributed by atoms with Crippen LogP contribution < -0.4 is 0 Å². The molecule has 1 unspecified atom stereocenters. The van der Waals surface area contributed by atoms with E-state index in [4.69, 9.17) is 14.2 Å². The van der Waals surface area contributed by atoms with Gasteiger partial charge in [-0.15, -0.1) is 0 Å². The van der Waals surface area contributed by atoms with Crippen molar-refractivity contribution in [1.82, 2.24) is 0 Å². The van der Waals surface area contributed by atoms with Crippen molar-refractivity contribution in [3.63, 3.8) is 0 Å². The molecule has 0 rings (SSSR count). The molecule has 0 saturated heterocycles. The minimum Gasteiger partial charge on any atom is -0.462 e. The maximum absolute atomic E-state index is 12.9. The van der Waals surface area contributed by atoms with Gasteiger partial charge in [0.2, 0.25) is 0 Å². The Bertz CT molecular complexity index is 1590. The van der Waals surface area contributed by atoms with Crippen molar-refractivity contribution in [3.8, 4) is 0 Å². The van der Waals surface area contributed by atoms with Crippen LogP contribution in [-0.4, -0.2) is 37.2 Å². The highest BCUT2D eigenvalue weighted by molar-refractivity contribution is 5.71. The molecular weight excluding hydrogens is 1010 g/mol. The number of carbonyl (C=O) groups excluding carboxylic acids is 3. The molecule has 0 spiro atoms. The van der Waals surface area contributed by atoms with Gasteiger partial charge < -0.3 is 14.2 Å². The van der Waals surface area contributed by atoms with E-state index in [-0.39, 0.29) is 31.1 Å². The monoisotopic (exact) mass is 1140 g/mol. The Balaban J connectivity index is 4.27. The number of hydrogen-bond acceptors (Lipinski definition) is 6. The van der Waals surface area contributed by atoms with Gasteiger partial charge in [0.05, 0.1) is 0 Å². The van der Waals surface area contributed by atoms with Crippen LogP contribution in [0.4, 0.5) is 0 Å². The molecule has 0 N–H and O–H groups in total. The number of esters is 3. The molecular formula is C76H132O6. The van der Waals surface area contributed by atoms with Gasteiger partial charge in [0.1, 0.15) is 13.2 Å². The molecule has 0 aliphatic rings. The van der Waals surface area contributed by atoms with Crippen LogP contribution in [0, 0.1) is 0 Å². The highest BCUT2D eigenvalue weighted by Crippen LogP contribution is 2.17. The average Bonchev–Trinajstić information content (AvgIpc) is 3.47. The minimum absolute atomic E-state index is 0.0797. The Labute approximate surface area is 508 Å². The smallest absolute Gasteiger partial charge is 0.306 e. The molecule has 0 bridgehead atoms. The van der Waals surface area contributed by atoms with E-state index in [9.17, 15) is 14.4 Å². The molecule has 6 nitrogen and oxygen atoms in total. The van der Waals surface area contributed by atoms with E-state index < -0.39 is 6.10 Å². The Morgan fingerprint density at radius 2 is 0.476 bits per heavy atom. The number of carbonyl (C=O) groups is 3. The lowest BCUT2D eigenvalue weighted by Gasteiger charge is -2.18. The Hall–Kier alpha value is -3.67. The lowest BCUT2D eigenvalue weighted by atomic mass is 10.0. The van der Waals surface area contributed by atoms with Crippen molar-refractivity contribution in [1.29, 1.82) is 0 Å². The highest BCUT2D eigenvalue weighted by Gasteiger charge is 2.19. The summed E-state index contributed by atoms with van der Waals surface area (Å²) in [4.78, 5) is 38.4. The second-order valence-corrected chi connectivity index (χ2v) is 23.4. The number of hydrogen-bond donors (Lipinski definition) is 0. The molecule has 0 aromatic carbocycles. The van der Waals surface area contributed by atoms with E-state index in [1.807, 2.05) is 0 Å². The van der Waals surface area contributed by atoms with Crippen LogP contribution in [0.2, 0.25) is 0 Å². The summed E-state index contributed by atoms with van der Waals surface area (Å²) in [5.74, 6) is -0.876. The van der Waals surface area contributed by atoms with Crippen LogP contribution in [0.25, 0.3) is 0 Å². The molecule has 472 valence electrons. The summed E-state index contributed by atoms with van der Waals surface area (Å²) in [6, 6.07) is 0. The Morgan fingerprint density at radius 1 is 0.256 bits per heavy atom. The van der Waals surface area contributed by atoms with Gasteiger partial charge in [-0.25, -0.2) is 0 Å². The van der Waals surface area contributed by atoms with Gasteiger partial charge in [-0.2, -0.15) is 0 Å². The van der Waals surface area contributed by atoms with Crippen molar-refractivity contribution in [3.05, 3.63) is 97.2 Å². The summed E-state index contributed by atoms with van der Waals surface area (Å²) in [6.07, 6.45) is 94.3. The lowest BCUT2D eigenvalue weighted by molar-refractivity contribution is -0.167. The van der Waals surface area contributed by atoms with Gasteiger partial charge in [-0.1, -0.05) is 323 Å². The van der Waals surface area contributed by atoms with Gasteiger partial charge >= 0.3 is 17.9 Å². The number of rotatable bonds is 64. The maximum Gasteiger partial charge on any atom is 0.306 e. The van der Waals surface area contributed by atoms with Crippen LogP contribution in [0.15, 0.2) is 97.2 Å². The number of allylic oxidation sites excluding steroid dienone is 16. The van der Waals surface area contributed by atoms with Crippen LogP contribution in [0.1, 0.15) is 348 Å². The first-order valence-electron chi connectivity index (χ1n) is 35.2. The summed E-state index contributed by atoms with van der Waals surface area (Å²) in [7, 11) is 0. The summed E-state index contributed by atoms with van der Waals surface area (Å²) < 4.78 is 17.0. The zero-order valence-corrected chi connectivity index (χ0v) is 54.2. The van der Waals surface area contributed by atoms with Gasteiger partial charge in [0, 0.05) is 19.3 Å². The van der Waals surface area contributed by atoms with Crippen LogP contribution in [-0.2, 0) is 28.6 Å². The van der Waals surface area contributed by atoms with E-state index >= 15 is 0 Å². The molecule has 82 heavy (non-hydrogen) atoms. The van der Waals surface area contributed by atoms with E-state index in [1.54, 1.807) is 0 Å². The molecule has 0 aromatic rings. The predicted molar refractivity (Wildman–Crippen MR) is 357 cm³/mol. The summed E-state index contributed by atoms with van der Waals surface area (Å²) in [5, 5.41) is 0. The molecule has 0 amide bonds. The van der Waals surface area contributed by atoms with Gasteiger partial charge in [0.25, 0.3) is 0 Å². The van der Waals surface area contributed by atoms with Crippen molar-refractivity contribution in [2.45, 2.75) is 354 Å². The standard InChI is InChI=1S/C76H132O6/c1-4-7-10-13-16-19-22-25-27-29-31-33-34-35-36-37-38-39-40-41-42-43-45-46-48-51-54-57-60-63-66-69-75(78)81-72-73(71-80-74(77)68-65-62-59-56-53-50-24-21-18-15-12-9-6-3)82-76(79)70-67-64-61-58-55-52-49-47-44-32-30-28-26-23-20-17-14-11-8-5-2/h7,10,16,19,21,24-25,27,31,33,35-36,38-39,41-42,73H,4-6,8-9,11-15,17-18,20,22-23,26,28-30,32,34,37,40,43-72H2,1-3H3/b10-7-,19-16-,24-21-,27-25-,33-31-,36-35-,39-38-,42-41-. The molecule has 0 radical (unpaired) electrons. The molecule has 0 aliphatic heterocycles. The number of unbranched alkanes of at least 4 members (excludes halogenated alkanes) is 37. The predicted octanol–water partition coefficient (Wildman–Crippen LogP) is 24.4. The van der Waals surface area contributed by atoms with E-state index in [0.29, 0.717) is 19.3 Å². The SMILES string of the molecule is CC/C=C\C/C=C\C/C=C\C/C=C\C/C=C\C/C=C\C/C=C\CCCCCCCCCCCC(=O)OCC(COC(=O)CCCCCCC/C=C\CCCCCC)OC(=O)CCCCCCCCCCCCCCCCCCCCCC. The molecule has 0 fully saturated rings. The number of ether oxygens (including phenoxy) is 3. The normalized spacial score (nSPS) is 12.7. The van der Waals surface area contributed by atoms with E-state index in [0.717, 1.165) is 116 Å². The Kier molecular flexibility index (Phi) is 66.7. The Morgan fingerprint density at radius 3 is 0.768 bits per heavy atom. The molecule has 6 heteroatoms. The zero-order chi connectivity index (χ0) is 59.2. The van der Waals surface area contributed by atoms with Crippen LogP contribution in [0.5, 0.6) is 0 Å². The van der Waals surface area contributed by atoms with Crippen LogP contribution >= 0.6 is 0 Å². The van der Waals surface area contributed by atoms with Gasteiger partial charge in [0.15, 0.2) is 6.10 Å². The van der Waals surface area contributed by atoms with E-state index in [2.05, 4.69) is 118 Å². The fourth-order valence-electron chi connectivity index (χ4n) is 10.1. The molecule has 0 aromatic heterocycles. The van der Waals surface area contributed by atoms with Crippen molar-refractivity contribution < 1.29 is 28.6 Å². The first-order valence-corrected chi connectivity index (χ1v) is 35.2. The maximum atomic E-state index is 12.9. The largest absolute Gasteiger partial charge is 0.462 e. The summed E-state index contributed by atoms with van der Waals surface area (Å²) in [6.45, 7) is 6.54. The van der Waals surface area contributed by atoms with Gasteiger partial charge in [-0.05, 0) is 103 Å². The molecule has 0 heterocycles. The first kappa shape index (κ1) is 78.3. The van der Waals surface area contributed by atoms with Crippen molar-refractivity contribution in [2.75, 3.05) is 13.2 Å². The molecule has 0 saturated carbocycles. The molecule has 0 aliphatic carbocycles. The fourth-order valence-corrected chi connectivity index (χ4v) is 10.1. The third-order valence-corrected chi connectivity index (χ3v) is 15.3. The van der Waals surface area contributed by atoms with Crippen molar-refractivity contribution in [2.24, 2.45) is 0 Å². The summed E-state index contributed by atoms with van der Waals surface area (Å²) >= 11 is 0. The minimum atomic E-state index is -0.783. The summed E-state index contributed by atoms with van der Waals surface area (Å²) in [5.41, 5.74) is 0. The third-order valence-electron chi connectivity index (χ3n) is 15.3. The first-order chi connectivity index (χ1) is 40.5. The van der Waals surface area contributed by atoms with E-state index in [1.165, 1.54) is 193 Å². The van der Waals surface area contributed by atoms with Crippen molar-refractivity contribution >= 4 is 17.9 Å². The third kappa shape index (κ3) is 67.1. The highest BCUT2D eigenvalue weighted by atomic mass is 16.6. The quantitative estimate of drug-likeness (QED) is 0.0261. The zero-order valence-electron chi connectivity index (χ0n) is 54.2.